The Morgan fingerprint density at radius 1 is 1.28 bits per heavy atom. The van der Waals surface area contributed by atoms with Gasteiger partial charge in [-0.3, -0.25) is 4.68 Å². The number of aryl methyl sites for hydroxylation is 1. The summed E-state index contributed by atoms with van der Waals surface area (Å²) in [6.45, 7) is 4.92. The number of nitrogens with two attached hydrogens (primary N) is 1. The van der Waals surface area contributed by atoms with Crippen LogP contribution >= 0.6 is 11.8 Å². The molecular weight excluding hydrogens is 242 g/mol. The molecule has 3 nitrogen and oxygen atoms in total. The van der Waals surface area contributed by atoms with Gasteiger partial charge in [0.05, 0.1) is 11.4 Å². The Morgan fingerprint density at radius 2 is 1.94 bits per heavy atom. The first kappa shape index (κ1) is 13.2. The molecule has 2 aromatic rings. The van der Waals surface area contributed by atoms with Crippen molar-refractivity contribution in [3.8, 4) is 11.3 Å². The first-order valence-electron chi connectivity index (χ1n) is 6.10. The van der Waals surface area contributed by atoms with Gasteiger partial charge in [-0.1, -0.05) is 26.0 Å². The van der Waals surface area contributed by atoms with Crippen molar-refractivity contribution in [1.82, 2.24) is 9.78 Å². The topological polar surface area (TPSA) is 43.8 Å². The van der Waals surface area contributed by atoms with Crippen molar-refractivity contribution in [2.45, 2.75) is 30.5 Å². The van der Waals surface area contributed by atoms with Crippen LogP contribution in [0.3, 0.4) is 0 Å². The molecule has 2 rings (SSSR count). The molecule has 0 aliphatic rings. The Hall–Kier alpha value is -1.26. The summed E-state index contributed by atoms with van der Waals surface area (Å²) in [6, 6.07) is 10.6. The summed E-state index contributed by atoms with van der Waals surface area (Å²) in [4.78, 5) is 1.30. The van der Waals surface area contributed by atoms with E-state index >= 15 is 0 Å². The molecule has 4 heteroatoms. The van der Waals surface area contributed by atoms with Crippen LogP contribution in [-0.4, -0.2) is 15.0 Å². The van der Waals surface area contributed by atoms with Gasteiger partial charge in [0, 0.05) is 29.3 Å². The second-order valence-corrected chi connectivity index (χ2v) is 6.19. The predicted octanol–water partition coefficient (Wildman–Crippen LogP) is 3.05. The van der Waals surface area contributed by atoms with Gasteiger partial charge >= 0.3 is 0 Å². The fraction of sp³-hybridized carbons (Fsp3) is 0.357. The molecule has 1 aromatic heterocycles. The van der Waals surface area contributed by atoms with Crippen molar-refractivity contribution in [2.75, 3.05) is 0 Å². The summed E-state index contributed by atoms with van der Waals surface area (Å²) in [5.74, 6) is 0. The van der Waals surface area contributed by atoms with Crippen LogP contribution in [0.1, 0.15) is 19.5 Å². The summed E-state index contributed by atoms with van der Waals surface area (Å²) >= 11 is 1.87. The van der Waals surface area contributed by atoms with Gasteiger partial charge in [-0.2, -0.15) is 5.10 Å². The van der Waals surface area contributed by atoms with Crippen molar-refractivity contribution >= 4 is 11.8 Å². The Kier molecular flexibility index (Phi) is 4.09. The normalized spacial score (nSPS) is 11.2. The molecule has 0 aliphatic heterocycles. The van der Waals surface area contributed by atoms with Gasteiger partial charge in [0.25, 0.3) is 0 Å². The average molecular weight is 261 g/mol. The summed E-state index contributed by atoms with van der Waals surface area (Å²) in [5.41, 5.74) is 8.83. The fourth-order valence-corrected chi connectivity index (χ4v) is 2.65. The SMILES string of the molecule is CC(C)Sc1ccc(-c2cc(CN)n(C)n2)cc1. The molecule has 0 saturated carbocycles. The van der Waals surface area contributed by atoms with E-state index in [0.29, 0.717) is 11.8 Å². The Bertz CT molecular complexity index is 514. The molecule has 18 heavy (non-hydrogen) atoms. The number of hydrogen-bond acceptors (Lipinski definition) is 3. The van der Waals surface area contributed by atoms with Crippen LogP contribution in [0.5, 0.6) is 0 Å². The lowest BCUT2D eigenvalue weighted by Gasteiger charge is -2.05. The maximum Gasteiger partial charge on any atom is 0.0926 e. The predicted molar refractivity (Wildman–Crippen MR) is 77.5 cm³/mol. The zero-order valence-electron chi connectivity index (χ0n) is 11.1. The van der Waals surface area contributed by atoms with Crippen molar-refractivity contribution in [1.29, 1.82) is 0 Å². The van der Waals surface area contributed by atoms with Crippen LogP contribution in [0.4, 0.5) is 0 Å². The molecule has 0 radical (unpaired) electrons. The number of hydrogen-bond donors (Lipinski definition) is 1. The molecule has 96 valence electrons. The van der Waals surface area contributed by atoms with Gasteiger partial charge in [0.2, 0.25) is 0 Å². The van der Waals surface area contributed by atoms with Crippen LogP contribution < -0.4 is 5.73 Å². The first-order valence-corrected chi connectivity index (χ1v) is 6.98. The number of thioether (sulfide) groups is 1. The average Bonchev–Trinajstić information content (AvgIpc) is 2.71. The number of benzene rings is 1. The third-order valence-corrected chi connectivity index (χ3v) is 3.72. The van der Waals surface area contributed by atoms with E-state index in [1.54, 1.807) is 0 Å². The summed E-state index contributed by atoms with van der Waals surface area (Å²) in [6.07, 6.45) is 0. The zero-order valence-corrected chi connectivity index (χ0v) is 11.9. The minimum atomic E-state index is 0.519. The molecule has 0 aliphatic carbocycles. The molecule has 1 heterocycles. The number of aromatic nitrogens is 2. The maximum absolute atomic E-state index is 5.66. The van der Waals surface area contributed by atoms with Gasteiger partial charge in [-0.05, 0) is 18.2 Å². The van der Waals surface area contributed by atoms with Crippen LogP contribution in [-0.2, 0) is 13.6 Å². The third-order valence-electron chi connectivity index (χ3n) is 2.71. The molecule has 0 spiro atoms. The summed E-state index contributed by atoms with van der Waals surface area (Å²) < 4.78 is 1.84. The van der Waals surface area contributed by atoms with Crippen LogP contribution in [0, 0.1) is 0 Å². The van der Waals surface area contributed by atoms with E-state index in [2.05, 4.69) is 43.2 Å². The van der Waals surface area contributed by atoms with Crippen molar-refractivity contribution < 1.29 is 0 Å². The largest absolute Gasteiger partial charge is 0.325 e. The fourth-order valence-electron chi connectivity index (χ4n) is 1.81. The van der Waals surface area contributed by atoms with Gasteiger partial charge in [0.1, 0.15) is 0 Å². The molecule has 0 bridgehead atoms. The number of rotatable bonds is 4. The van der Waals surface area contributed by atoms with E-state index in [9.17, 15) is 0 Å². The summed E-state index contributed by atoms with van der Waals surface area (Å²) in [5, 5.41) is 5.08. The molecule has 1 aromatic carbocycles. The van der Waals surface area contributed by atoms with E-state index in [0.717, 1.165) is 17.0 Å². The van der Waals surface area contributed by atoms with Crippen LogP contribution in [0.25, 0.3) is 11.3 Å². The first-order chi connectivity index (χ1) is 8.60. The quantitative estimate of drug-likeness (QED) is 0.860. The maximum atomic E-state index is 5.66. The van der Waals surface area contributed by atoms with Crippen molar-refractivity contribution in [2.24, 2.45) is 12.8 Å². The van der Waals surface area contributed by atoms with Crippen molar-refractivity contribution in [3.05, 3.63) is 36.0 Å². The Labute approximate surface area is 112 Å². The lowest BCUT2D eigenvalue weighted by Crippen LogP contribution is -2.03. The lowest BCUT2D eigenvalue weighted by molar-refractivity contribution is 0.714. The van der Waals surface area contributed by atoms with Gasteiger partial charge in [-0.25, -0.2) is 0 Å². The number of nitrogens with zero attached hydrogens (tertiary/aromatic N) is 2. The van der Waals surface area contributed by atoms with Crippen LogP contribution in [0.2, 0.25) is 0 Å². The highest BCUT2D eigenvalue weighted by Gasteiger charge is 2.06. The highest BCUT2D eigenvalue weighted by Crippen LogP contribution is 2.26. The molecule has 0 saturated heterocycles. The standard InChI is InChI=1S/C14H19N3S/c1-10(2)18-13-6-4-11(5-7-13)14-8-12(9-15)17(3)16-14/h4-8,10H,9,15H2,1-3H3. The molecule has 0 atom stereocenters. The smallest absolute Gasteiger partial charge is 0.0926 e. The highest BCUT2D eigenvalue weighted by molar-refractivity contribution is 7.99. The summed E-state index contributed by atoms with van der Waals surface area (Å²) in [7, 11) is 1.93. The second-order valence-electron chi connectivity index (χ2n) is 4.54. The van der Waals surface area contributed by atoms with Crippen LogP contribution in [0.15, 0.2) is 35.2 Å². The third kappa shape index (κ3) is 2.94. The molecule has 0 unspecified atom stereocenters. The highest BCUT2D eigenvalue weighted by atomic mass is 32.2. The van der Waals surface area contributed by atoms with E-state index in [4.69, 9.17) is 5.73 Å². The minimum absolute atomic E-state index is 0.519. The molecule has 0 amide bonds. The monoisotopic (exact) mass is 261 g/mol. The van der Waals surface area contributed by atoms with E-state index in [1.165, 1.54) is 4.90 Å². The van der Waals surface area contributed by atoms with Gasteiger partial charge in [-0.15, -0.1) is 11.8 Å². The lowest BCUT2D eigenvalue weighted by atomic mass is 10.1. The molecule has 0 fully saturated rings. The van der Waals surface area contributed by atoms with Gasteiger partial charge in [0.15, 0.2) is 0 Å². The second kappa shape index (κ2) is 5.59. The zero-order chi connectivity index (χ0) is 13.1. The van der Waals surface area contributed by atoms with Gasteiger partial charge < -0.3 is 5.73 Å². The Morgan fingerprint density at radius 3 is 2.44 bits per heavy atom. The molecule has 2 N–H and O–H groups in total. The van der Waals surface area contributed by atoms with E-state index in [-0.39, 0.29) is 0 Å². The minimum Gasteiger partial charge on any atom is -0.325 e. The van der Waals surface area contributed by atoms with Crippen molar-refractivity contribution in [3.63, 3.8) is 0 Å². The Balaban J connectivity index is 2.22. The van der Waals surface area contributed by atoms with E-state index in [1.807, 2.05) is 29.6 Å². The van der Waals surface area contributed by atoms with E-state index < -0.39 is 0 Å². The molecular formula is C14H19N3S.